The fraction of sp³-hybridized carbons (Fsp3) is 0.667. The number of halogens is 1. The molecule has 0 radical (unpaired) electrons. The minimum absolute atomic E-state index is 0.132. The fourth-order valence-electron chi connectivity index (χ4n) is 1.60. The average molecular weight is 275 g/mol. The van der Waals surface area contributed by atoms with Crippen molar-refractivity contribution in [2.24, 2.45) is 0 Å². The molecule has 0 bridgehead atoms. The van der Waals surface area contributed by atoms with E-state index >= 15 is 0 Å². The second-order valence-electron chi connectivity index (χ2n) is 3.80. The van der Waals surface area contributed by atoms with Crippen LogP contribution in [0.3, 0.4) is 0 Å². The molecule has 5 nitrogen and oxygen atoms in total. The Morgan fingerprint density at radius 1 is 1.39 bits per heavy atom. The number of rotatable bonds is 8. The van der Waals surface area contributed by atoms with Crippen LogP contribution in [0.25, 0.3) is 0 Å². The fourth-order valence-corrected chi connectivity index (χ4v) is 1.79. The van der Waals surface area contributed by atoms with E-state index in [1.54, 1.807) is 11.7 Å². The van der Waals surface area contributed by atoms with E-state index in [4.69, 9.17) is 21.1 Å². The monoisotopic (exact) mass is 274 g/mol. The van der Waals surface area contributed by atoms with Gasteiger partial charge in [0.05, 0.1) is 13.2 Å². The van der Waals surface area contributed by atoms with E-state index in [0.717, 1.165) is 6.42 Å². The van der Waals surface area contributed by atoms with E-state index in [9.17, 15) is 4.79 Å². The summed E-state index contributed by atoms with van der Waals surface area (Å²) in [6.07, 6.45) is 1.52. The highest BCUT2D eigenvalue weighted by Crippen LogP contribution is 2.03. The summed E-state index contributed by atoms with van der Waals surface area (Å²) >= 11 is 5.75. The second kappa shape index (κ2) is 8.24. The minimum atomic E-state index is -0.132. The Balaban J connectivity index is 2.49. The molecular formula is C12H19ClN2O3. The summed E-state index contributed by atoms with van der Waals surface area (Å²) in [5, 5.41) is 0.245. The van der Waals surface area contributed by atoms with Crippen molar-refractivity contribution in [3.05, 3.63) is 27.4 Å². The van der Waals surface area contributed by atoms with Gasteiger partial charge in [-0.05, 0) is 6.42 Å². The molecule has 1 heterocycles. The summed E-state index contributed by atoms with van der Waals surface area (Å²) in [7, 11) is 1.66. The van der Waals surface area contributed by atoms with Crippen molar-refractivity contribution < 1.29 is 9.47 Å². The van der Waals surface area contributed by atoms with Gasteiger partial charge in [0.25, 0.3) is 5.56 Å². The summed E-state index contributed by atoms with van der Waals surface area (Å²) < 4.78 is 11.9. The molecule has 0 amide bonds. The molecule has 0 fully saturated rings. The van der Waals surface area contributed by atoms with E-state index in [2.05, 4.69) is 4.98 Å². The van der Waals surface area contributed by atoms with Gasteiger partial charge in [0, 0.05) is 32.8 Å². The van der Waals surface area contributed by atoms with Crippen LogP contribution in [-0.4, -0.2) is 36.5 Å². The normalized spacial score (nSPS) is 10.8. The Labute approximate surface area is 112 Å². The second-order valence-corrected chi connectivity index (χ2v) is 4.18. The van der Waals surface area contributed by atoms with Gasteiger partial charge in [-0.25, -0.2) is 4.98 Å². The maximum atomic E-state index is 11.7. The lowest BCUT2D eigenvalue weighted by Crippen LogP contribution is -2.26. The molecule has 1 aromatic heterocycles. The number of aromatic nitrogens is 2. The Morgan fingerprint density at radius 3 is 2.83 bits per heavy atom. The molecule has 18 heavy (non-hydrogen) atoms. The highest BCUT2D eigenvalue weighted by atomic mass is 35.5. The van der Waals surface area contributed by atoms with Crippen LogP contribution in [0.5, 0.6) is 0 Å². The number of nitrogens with zero attached hydrogens (tertiary/aromatic N) is 2. The number of hydrogen-bond donors (Lipinski definition) is 0. The number of ether oxygens (including phenoxy) is 2. The van der Waals surface area contributed by atoms with Crippen molar-refractivity contribution in [2.45, 2.75) is 26.3 Å². The first kappa shape index (κ1) is 15.1. The van der Waals surface area contributed by atoms with Crippen LogP contribution in [-0.2, 0) is 22.4 Å². The van der Waals surface area contributed by atoms with Crippen LogP contribution in [0.15, 0.2) is 10.9 Å². The summed E-state index contributed by atoms with van der Waals surface area (Å²) in [4.78, 5) is 15.9. The molecule has 1 aromatic rings. The zero-order valence-corrected chi connectivity index (χ0v) is 11.6. The van der Waals surface area contributed by atoms with Crippen molar-refractivity contribution in [3.63, 3.8) is 0 Å². The maximum absolute atomic E-state index is 11.7. The Hall–Kier alpha value is -0.910. The lowest BCUT2D eigenvalue weighted by atomic mass is 10.4. The first-order valence-electron chi connectivity index (χ1n) is 6.02. The van der Waals surface area contributed by atoms with Gasteiger partial charge in [-0.15, -0.1) is 0 Å². The molecule has 6 heteroatoms. The number of aryl methyl sites for hydroxylation is 1. The van der Waals surface area contributed by atoms with Crippen molar-refractivity contribution >= 4 is 11.6 Å². The maximum Gasteiger partial charge on any atom is 0.255 e. The lowest BCUT2D eigenvalue weighted by molar-refractivity contribution is 0.0967. The highest BCUT2D eigenvalue weighted by Gasteiger charge is 2.05. The van der Waals surface area contributed by atoms with Gasteiger partial charge in [-0.2, -0.15) is 0 Å². The summed E-state index contributed by atoms with van der Waals surface area (Å²) in [6.45, 7) is 4.24. The summed E-state index contributed by atoms with van der Waals surface area (Å²) in [5.74, 6) is 0.688. The molecule has 0 aliphatic carbocycles. The molecule has 0 saturated carbocycles. The Kier molecular flexibility index (Phi) is 6.93. The van der Waals surface area contributed by atoms with Crippen molar-refractivity contribution in [2.75, 3.05) is 26.9 Å². The third kappa shape index (κ3) is 4.76. The van der Waals surface area contributed by atoms with E-state index in [-0.39, 0.29) is 10.7 Å². The van der Waals surface area contributed by atoms with Crippen LogP contribution < -0.4 is 5.56 Å². The first-order valence-corrected chi connectivity index (χ1v) is 6.39. The topological polar surface area (TPSA) is 53.4 Å². The van der Waals surface area contributed by atoms with Gasteiger partial charge < -0.3 is 9.47 Å². The molecule has 0 N–H and O–H groups in total. The summed E-state index contributed by atoms with van der Waals surface area (Å²) in [5.41, 5.74) is -0.132. The molecule has 0 atom stereocenters. The quantitative estimate of drug-likeness (QED) is 0.533. The molecule has 0 saturated heterocycles. The third-order valence-corrected chi connectivity index (χ3v) is 2.66. The average Bonchev–Trinajstić information content (AvgIpc) is 2.35. The molecular weight excluding hydrogens is 256 g/mol. The minimum Gasteiger partial charge on any atom is -0.385 e. The predicted molar refractivity (Wildman–Crippen MR) is 70.2 cm³/mol. The zero-order valence-electron chi connectivity index (χ0n) is 10.8. The molecule has 1 rings (SSSR count). The van der Waals surface area contributed by atoms with Crippen LogP contribution in [0.1, 0.15) is 19.2 Å². The van der Waals surface area contributed by atoms with Crippen LogP contribution in [0.2, 0.25) is 5.15 Å². The number of hydrogen-bond acceptors (Lipinski definition) is 4. The SMILES string of the molecule is CCc1nc(Cl)cc(=O)n1CCOCCCOC. The molecule has 102 valence electrons. The molecule has 0 spiro atoms. The van der Waals surface area contributed by atoms with Gasteiger partial charge in [-0.1, -0.05) is 18.5 Å². The Morgan fingerprint density at radius 2 is 2.17 bits per heavy atom. The standard InChI is InChI=1S/C12H19ClN2O3/c1-3-11-14-10(13)9-12(16)15(11)5-8-18-7-4-6-17-2/h9H,3-8H2,1-2H3. The lowest BCUT2D eigenvalue weighted by Gasteiger charge is -2.11. The molecule has 0 aliphatic heterocycles. The van der Waals surface area contributed by atoms with E-state index in [0.29, 0.717) is 38.6 Å². The molecule has 0 unspecified atom stereocenters. The molecule has 0 aromatic carbocycles. The van der Waals surface area contributed by atoms with Crippen LogP contribution in [0.4, 0.5) is 0 Å². The predicted octanol–water partition coefficient (Wildman–Crippen LogP) is 1.51. The first-order chi connectivity index (χ1) is 8.69. The highest BCUT2D eigenvalue weighted by molar-refractivity contribution is 6.29. The van der Waals surface area contributed by atoms with Crippen LogP contribution in [0, 0.1) is 0 Å². The van der Waals surface area contributed by atoms with E-state index in [1.165, 1.54) is 6.07 Å². The van der Waals surface area contributed by atoms with Gasteiger partial charge >= 0.3 is 0 Å². The van der Waals surface area contributed by atoms with Gasteiger partial charge in [0.2, 0.25) is 0 Å². The number of methoxy groups -OCH3 is 1. The van der Waals surface area contributed by atoms with Crippen molar-refractivity contribution in [1.82, 2.24) is 9.55 Å². The zero-order chi connectivity index (χ0) is 13.4. The smallest absolute Gasteiger partial charge is 0.255 e. The van der Waals surface area contributed by atoms with Gasteiger partial charge in [-0.3, -0.25) is 9.36 Å². The summed E-state index contributed by atoms with van der Waals surface area (Å²) in [6, 6.07) is 1.33. The van der Waals surface area contributed by atoms with E-state index in [1.807, 2.05) is 6.92 Å². The molecule has 0 aliphatic rings. The van der Waals surface area contributed by atoms with Gasteiger partial charge in [0.15, 0.2) is 0 Å². The third-order valence-electron chi connectivity index (χ3n) is 2.47. The Bertz CT molecular complexity index is 420. The largest absolute Gasteiger partial charge is 0.385 e. The van der Waals surface area contributed by atoms with Gasteiger partial charge in [0.1, 0.15) is 11.0 Å². The van der Waals surface area contributed by atoms with Crippen molar-refractivity contribution in [1.29, 1.82) is 0 Å². The van der Waals surface area contributed by atoms with E-state index < -0.39 is 0 Å². The van der Waals surface area contributed by atoms with Crippen LogP contribution >= 0.6 is 11.6 Å². The van der Waals surface area contributed by atoms with Crippen molar-refractivity contribution in [3.8, 4) is 0 Å².